The minimum absolute atomic E-state index is 0.0699. The van der Waals surface area contributed by atoms with E-state index in [9.17, 15) is 41.3 Å². The lowest BCUT2D eigenvalue weighted by Crippen LogP contribution is -2.54. The van der Waals surface area contributed by atoms with Crippen molar-refractivity contribution in [1.29, 1.82) is 0 Å². The Morgan fingerprint density at radius 3 is 1.47 bits per heavy atom. The van der Waals surface area contributed by atoms with E-state index in [1.165, 1.54) is 12.1 Å². The Kier molecular flexibility index (Phi) is 6.27. The Morgan fingerprint density at radius 1 is 0.735 bits per heavy atom. The molecule has 3 aromatic carbocycles. The number of carboxylic acid groups (broad SMARTS) is 1. The molecule has 0 unspecified atom stereocenters. The number of nitrogens with zero attached hydrogens (tertiary/aromatic N) is 1. The van der Waals surface area contributed by atoms with Crippen LogP contribution >= 0.6 is 0 Å². The van der Waals surface area contributed by atoms with Crippen molar-refractivity contribution >= 4 is 11.7 Å². The number of rotatable bonds is 6. The third-order valence-corrected chi connectivity index (χ3v) is 4.99. The summed E-state index contributed by atoms with van der Waals surface area (Å²) in [5, 5.41) is 19.6. The number of nitro groups is 1. The highest BCUT2D eigenvalue weighted by Gasteiger charge is 2.72. The van der Waals surface area contributed by atoms with Crippen LogP contribution in [0.25, 0.3) is 0 Å². The van der Waals surface area contributed by atoms with Crippen LogP contribution in [0, 0.1) is 10.1 Å². The van der Waals surface area contributed by atoms with E-state index in [4.69, 9.17) is 9.84 Å². The fraction of sp³-hybridized carbons (Fsp3) is 0.136. The van der Waals surface area contributed by atoms with Crippen LogP contribution in [0.4, 0.5) is 32.0 Å². The van der Waals surface area contributed by atoms with Gasteiger partial charge < -0.3 is 9.84 Å². The predicted octanol–water partition coefficient (Wildman–Crippen LogP) is 6.50. The number of carboxylic acids is 1. The zero-order chi connectivity index (χ0) is 25.3. The predicted molar refractivity (Wildman–Crippen MR) is 106 cm³/mol. The summed E-state index contributed by atoms with van der Waals surface area (Å²) in [6.07, 6.45) is -11.7. The molecule has 6 nitrogen and oxygen atoms in total. The van der Waals surface area contributed by atoms with Crippen LogP contribution in [0.5, 0.6) is 11.5 Å². The van der Waals surface area contributed by atoms with Gasteiger partial charge >= 0.3 is 18.3 Å². The van der Waals surface area contributed by atoms with Gasteiger partial charge in [0, 0.05) is 12.1 Å². The highest BCUT2D eigenvalue weighted by atomic mass is 19.4. The van der Waals surface area contributed by atoms with Gasteiger partial charge in [-0.1, -0.05) is 24.3 Å². The maximum atomic E-state index is 14.1. The van der Waals surface area contributed by atoms with Crippen molar-refractivity contribution in [2.45, 2.75) is 17.8 Å². The van der Waals surface area contributed by atoms with Crippen molar-refractivity contribution in [1.82, 2.24) is 0 Å². The first-order valence-corrected chi connectivity index (χ1v) is 9.27. The van der Waals surface area contributed by atoms with Crippen molar-refractivity contribution < 1.29 is 45.9 Å². The average Bonchev–Trinajstić information content (AvgIpc) is 2.74. The van der Waals surface area contributed by atoms with Gasteiger partial charge in [0.05, 0.1) is 10.5 Å². The summed E-state index contributed by atoms with van der Waals surface area (Å²) < 4.78 is 90.1. The number of hydrogen-bond donors (Lipinski definition) is 1. The Hall–Kier alpha value is -4.09. The number of non-ortho nitro benzene ring substituents is 1. The fourth-order valence-electron chi connectivity index (χ4n) is 3.39. The molecule has 1 N–H and O–H groups in total. The van der Waals surface area contributed by atoms with Gasteiger partial charge in [0.25, 0.3) is 5.69 Å². The van der Waals surface area contributed by atoms with Gasteiger partial charge in [0.15, 0.2) is 0 Å². The molecule has 0 radical (unpaired) electrons. The lowest BCUT2D eigenvalue weighted by molar-refractivity contribution is -0.384. The first-order chi connectivity index (χ1) is 15.8. The molecule has 0 aliphatic carbocycles. The molecule has 0 aliphatic rings. The summed E-state index contributed by atoms with van der Waals surface area (Å²) in [7, 11) is 0. The summed E-state index contributed by atoms with van der Waals surface area (Å²) in [6.45, 7) is 0. The average molecular weight is 485 g/mol. The summed E-state index contributed by atoms with van der Waals surface area (Å²) in [6, 6.07) is 9.94. The van der Waals surface area contributed by atoms with Gasteiger partial charge in [-0.15, -0.1) is 0 Å². The standard InChI is InChI=1S/C22H13F6NO5/c23-21(24,25)20(22(26,27)28,14-3-1-13(2-4-14)19(30)31)15-5-9-17(10-6-15)34-18-11-7-16(8-12-18)29(32)33/h1-12H,(H,30,31). The Balaban J connectivity index is 2.06. The monoisotopic (exact) mass is 485 g/mol. The van der Waals surface area contributed by atoms with Crippen LogP contribution in [0.3, 0.4) is 0 Å². The van der Waals surface area contributed by atoms with Crippen molar-refractivity contribution in [3.05, 3.63) is 99.6 Å². The van der Waals surface area contributed by atoms with E-state index >= 15 is 0 Å². The fourth-order valence-corrected chi connectivity index (χ4v) is 3.39. The maximum absolute atomic E-state index is 14.1. The molecule has 0 fully saturated rings. The topological polar surface area (TPSA) is 89.7 Å². The molecule has 0 spiro atoms. The number of halogens is 6. The summed E-state index contributed by atoms with van der Waals surface area (Å²) in [5.74, 6) is -1.55. The van der Waals surface area contributed by atoms with Crippen LogP contribution in [0.2, 0.25) is 0 Å². The second-order valence-corrected chi connectivity index (χ2v) is 7.01. The number of carbonyl (C=O) groups is 1. The Morgan fingerprint density at radius 2 is 1.12 bits per heavy atom. The zero-order valence-electron chi connectivity index (χ0n) is 16.7. The molecule has 0 bridgehead atoms. The van der Waals surface area contributed by atoms with E-state index in [1.807, 2.05) is 0 Å². The molecule has 34 heavy (non-hydrogen) atoms. The van der Waals surface area contributed by atoms with Gasteiger partial charge in [-0.3, -0.25) is 10.1 Å². The lowest BCUT2D eigenvalue weighted by atomic mass is 9.72. The zero-order valence-corrected chi connectivity index (χ0v) is 16.7. The number of ether oxygens (including phenoxy) is 1. The number of hydrogen-bond acceptors (Lipinski definition) is 4. The van der Waals surface area contributed by atoms with Gasteiger partial charge in [-0.2, -0.15) is 26.3 Å². The van der Waals surface area contributed by atoms with Crippen LogP contribution in [-0.4, -0.2) is 28.4 Å². The van der Waals surface area contributed by atoms with E-state index in [0.717, 1.165) is 24.3 Å². The molecule has 0 aliphatic heterocycles. The number of alkyl halides is 6. The smallest absolute Gasteiger partial charge is 0.411 e. The van der Waals surface area contributed by atoms with Gasteiger partial charge in [0.1, 0.15) is 11.5 Å². The van der Waals surface area contributed by atoms with Crippen molar-refractivity contribution in [3.8, 4) is 11.5 Å². The molecule has 0 amide bonds. The third-order valence-electron chi connectivity index (χ3n) is 4.99. The minimum Gasteiger partial charge on any atom is -0.478 e. The van der Waals surface area contributed by atoms with Gasteiger partial charge in [-0.05, 0) is 47.5 Å². The van der Waals surface area contributed by atoms with Crippen LogP contribution in [-0.2, 0) is 5.41 Å². The molecule has 0 heterocycles. The number of aromatic carboxylic acids is 1. The molecule has 178 valence electrons. The molecule has 0 saturated carbocycles. The van der Waals surface area contributed by atoms with Gasteiger partial charge in [0.2, 0.25) is 5.41 Å². The van der Waals surface area contributed by atoms with E-state index in [-0.39, 0.29) is 17.2 Å². The molecule has 12 heteroatoms. The summed E-state index contributed by atoms with van der Waals surface area (Å²) in [4.78, 5) is 21.0. The molecule has 0 saturated heterocycles. The Labute approximate surface area is 187 Å². The normalized spacial score (nSPS) is 12.3. The van der Waals surface area contributed by atoms with E-state index in [1.54, 1.807) is 0 Å². The van der Waals surface area contributed by atoms with Crippen molar-refractivity contribution in [2.24, 2.45) is 0 Å². The molecule has 3 aromatic rings. The number of nitro benzene ring substituents is 1. The van der Waals surface area contributed by atoms with Crippen molar-refractivity contribution in [2.75, 3.05) is 0 Å². The van der Waals surface area contributed by atoms with Gasteiger partial charge in [-0.25, -0.2) is 4.79 Å². The molecule has 0 atom stereocenters. The highest BCUT2D eigenvalue weighted by molar-refractivity contribution is 5.87. The molecule has 0 aromatic heterocycles. The largest absolute Gasteiger partial charge is 0.478 e. The minimum atomic E-state index is -5.84. The first kappa shape index (κ1) is 24.6. The number of benzene rings is 3. The van der Waals surface area contributed by atoms with E-state index in [0.29, 0.717) is 36.4 Å². The lowest BCUT2D eigenvalue weighted by Gasteiger charge is -2.38. The van der Waals surface area contributed by atoms with Crippen LogP contribution < -0.4 is 4.74 Å². The first-order valence-electron chi connectivity index (χ1n) is 9.27. The van der Waals surface area contributed by atoms with E-state index in [2.05, 4.69) is 0 Å². The maximum Gasteiger partial charge on any atom is 0.411 e. The van der Waals surface area contributed by atoms with E-state index < -0.39 is 45.4 Å². The highest BCUT2D eigenvalue weighted by Crippen LogP contribution is 2.56. The molecule has 3 rings (SSSR count). The molecular formula is C22H13F6NO5. The molecular weight excluding hydrogens is 472 g/mol. The van der Waals surface area contributed by atoms with Crippen LogP contribution in [0.1, 0.15) is 21.5 Å². The second kappa shape index (κ2) is 8.69. The second-order valence-electron chi connectivity index (χ2n) is 7.01. The summed E-state index contributed by atoms with van der Waals surface area (Å²) in [5.41, 5.74) is -7.53. The van der Waals surface area contributed by atoms with Crippen LogP contribution in [0.15, 0.2) is 72.8 Å². The Bertz CT molecular complexity index is 1170. The SMILES string of the molecule is O=C(O)c1ccc(C(c2ccc(Oc3ccc([N+](=O)[O-])cc3)cc2)(C(F)(F)F)C(F)(F)F)cc1. The van der Waals surface area contributed by atoms with Crippen molar-refractivity contribution in [3.63, 3.8) is 0 Å². The third kappa shape index (κ3) is 4.38. The summed E-state index contributed by atoms with van der Waals surface area (Å²) >= 11 is 0. The quantitative estimate of drug-likeness (QED) is 0.245.